The normalized spacial score (nSPS) is 28.7. The zero-order valence-corrected chi connectivity index (χ0v) is 8.03. The first-order valence-electron chi connectivity index (χ1n) is 4.99. The van der Waals surface area contributed by atoms with Gasteiger partial charge in [0.1, 0.15) is 0 Å². The van der Waals surface area contributed by atoms with Gasteiger partial charge in [0, 0.05) is 18.4 Å². The van der Waals surface area contributed by atoms with Crippen molar-refractivity contribution in [1.82, 2.24) is 10.3 Å². The summed E-state index contributed by atoms with van der Waals surface area (Å²) in [6.07, 6.45) is 6.36. The smallest absolute Gasteiger partial charge is 0.0335 e. The summed E-state index contributed by atoms with van der Waals surface area (Å²) in [5.74, 6) is 0.827. The van der Waals surface area contributed by atoms with Crippen molar-refractivity contribution >= 4 is 0 Å². The highest BCUT2D eigenvalue weighted by molar-refractivity contribution is 5.14. The molecule has 1 fully saturated rings. The van der Waals surface area contributed by atoms with Crippen LogP contribution in [-0.4, -0.2) is 11.5 Å². The third-order valence-electron chi connectivity index (χ3n) is 2.75. The highest BCUT2D eigenvalue weighted by atomic mass is 14.9. The molecule has 2 heterocycles. The van der Waals surface area contributed by atoms with Gasteiger partial charge in [-0.3, -0.25) is 4.98 Å². The van der Waals surface area contributed by atoms with Crippen LogP contribution >= 0.6 is 0 Å². The van der Waals surface area contributed by atoms with E-state index >= 15 is 0 Å². The lowest BCUT2D eigenvalue weighted by molar-refractivity contribution is 0.332. The van der Waals surface area contributed by atoms with E-state index in [1.165, 1.54) is 18.4 Å². The molecule has 0 aliphatic carbocycles. The molecule has 0 amide bonds. The quantitative estimate of drug-likeness (QED) is 0.709. The standard InChI is InChI=1S/C11H16N2/c1-9-4-5-11(13-7-9)10-3-2-6-12-8-10/h2-3,6,8-9,11,13H,4-5,7H2,1H3. The second-order valence-corrected chi connectivity index (χ2v) is 3.93. The van der Waals surface area contributed by atoms with Crippen molar-refractivity contribution in [2.75, 3.05) is 6.54 Å². The van der Waals surface area contributed by atoms with Gasteiger partial charge >= 0.3 is 0 Å². The molecule has 1 N–H and O–H groups in total. The van der Waals surface area contributed by atoms with E-state index in [0.717, 1.165) is 12.5 Å². The zero-order valence-electron chi connectivity index (χ0n) is 8.03. The van der Waals surface area contributed by atoms with Crippen molar-refractivity contribution in [1.29, 1.82) is 0 Å². The highest BCUT2D eigenvalue weighted by Gasteiger charge is 2.18. The average molecular weight is 176 g/mol. The molecule has 2 rings (SSSR count). The zero-order chi connectivity index (χ0) is 9.10. The van der Waals surface area contributed by atoms with E-state index in [1.807, 2.05) is 18.5 Å². The van der Waals surface area contributed by atoms with Crippen LogP contribution in [0.25, 0.3) is 0 Å². The molecule has 13 heavy (non-hydrogen) atoms. The molecule has 2 atom stereocenters. The second kappa shape index (κ2) is 3.88. The van der Waals surface area contributed by atoms with Gasteiger partial charge in [-0.2, -0.15) is 0 Å². The first-order chi connectivity index (χ1) is 6.36. The van der Waals surface area contributed by atoms with E-state index in [4.69, 9.17) is 0 Å². The van der Waals surface area contributed by atoms with Gasteiger partial charge in [0.2, 0.25) is 0 Å². The SMILES string of the molecule is CC1CCC(c2cccnc2)NC1. The summed E-state index contributed by atoms with van der Waals surface area (Å²) in [7, 11) is 0. The Morgan fingerprint density at radius 2 is 2.38 bits per heavy atom. The highest BCUT2D eigenvalue weighted by Crippen LogP contribution is 2.24. The fourth-order valence-corrected chi connectivity index (χ4v) is 1.87. The Morgan fingerprint density at radius 3 is 3.00 bits per heavy atom. The molecular formula is C11H16N2. The lowest BCUT2D eigenvalue weighted by Gasteiger charge is -2.27. The Hall–Kier alpha value is -0.890. The van der Waals surface area contributed by atoms with E-state index in [9.17, 15) is 0 Å². The van der Waals surface area contributed by atoms with Crippen LogP contribution in [0.3, 0.4) is 0 Å². The summed E-state index contributed by atoms with van der Waals surface area (Å²) >= 11 is 0. The van der Waals surface area contributed by atoms with Gasteiger partial charge in [-0.25, -0.2) is 0 Å². The Morgan fingerprint density at radius 1 is 1.46 bits per heavy atom. The molecule has 1 aromatic heterocycles. The molecule has 0 saturated carbocycles. The Labute approximate surface area is 79.4 Å². The molecule has 1 aliphatic heterocycles. The summed E-state index contributed by atoms with van der Waals surface area (Å²) < 4.78 is 0. The number of piperidine rings is 1. The van der Waals surface area contributed by atoms with Crippen molar-refractivity contribution in [3.63, 3.8) is 0 Å². The molecule has 70 valence electrons. The van der Waals surface area contributed by atoms with E-state index in [1.54, 1.807) is 0 Å². The number of nitrogens with one attached hydrogen (secondary N) is 1. The van der Waals surface area contributed by atoms with Crippen LogP contribution in [0.1, 0.15) is 31.4 Å². The Bertz CT molecular complexity index is 250. The predicted octanol–water partition coefficient (Wildman–Crippen LogP) is 2.14. The molecular weight excluding hydrogens is 160 g/mol. The number of rotatable bonds is 1. The summed E-state index contributed by atoms with van der Waals surface area (Å²) in [6.45, 7) is 3.44. The molecule has 1 aromatic rings. The Kier molecular flexibility index (Phi) is 2.60. The van der Waals surface area contributed by atoms with Gasteiger partial charge in [-0.1, -0.05) is 13.0 Å². The Balaban J connectivity index is 2.03. The third kappa shape index (κ3) is 2.07. The summed E-state index contributed by atoms with van der Waals surface area (Å²) in [6, 6.07) is 4.69. The number of aromatic nitrogens is 1. The predicted molar refractivity (Wildman–Crippen MR) is 53.4 cm³/mol. The van der Waals surface area contributed by atoms with Gasteiger partial charge in [0.15, 0.2) is 0 Å². The number of pyridine rings is 1. The van der Waals surface area contributed by atoms with E-state index in [-0.39, 0.29) is 0 Å². The summed E-state index contributed by atoms with van der Waals surface area (Å²) in [5.41, 5.74) is 1.33. The minimum absolute atomic E-state index is 0.532. The fraction of sp³-hybridized carbons (Fsp3) is 0.545. The average Bonchev–Trinajstić information content (AvgIpc) is 2.20. The molecule has 1 aliphatic rings. The van der Waals surface area contributed by atoms with Crippen LogP contribution in [0, 0.1) is 5.92 Å². The monoisotopic (exact) mass is 176 g/mol. The number of hydrogen-bond acceptors (Lipinski definition) is 2. The third-order valence-corrected chi connectivity index (χ3v) is 2.75. The first kappa shape index (κ1) is 8.70. The minimum atomic E-state index is 0.532. The molecule has 1 saturated heterocycles. The van der Waals surface area contributed by atoms with Gasteiger partial charge in [0.25, 0.3) is 0 Å². The van der Waals surface area contributed by atoms with Crippen molar-refractivity contribution in [3.05, 3.63) is 30.1 Å². The first-order valence-corrected chi connectivity index (χ1v) is 4.99. The van der Waals surface area contributed by atoms with Gasteiger partial charge in [-0.15, -0.1) is 0 Å². The van der Waals surface area contributed by atoms with Crippen molar-refractivity contribution < 1.29 is 0 Å². The maximum Gasteiger partial charge on any atom is 0.0335 e. The van der Waals surface area contributed by atoms with Gasteiger partial charge < -0.3 is 5.32 Å². The van der Waals surface area contributed by atoms with E-state index in [2.05, 4.69) is 23.3 Å². The van der Waals surface area contributed by atoms with E-state index < -0.39 is 0 Å². The molecule has 2 heteroatoms. The maximum absolute atomic E-state index is 4.14. The topological polar surface area (TPSA) is 24.9 Å². The van der Waals surface area contributed by atoms with Crippen LogP contribution in [0.5, 0.6) is 0 Å². The van der Waals surface area contributed by atoms with Crippen molar-refractivity contribution in [3.8, 4) is 0 Å². The lowest BCUT2D eigenvalue weighted by atomic mass is 9.93. The van der Waals surface area contributed by atoms with Crippen LogP contribution in [-0.2, 0) is 0 Å². The van der Waals surface area contributed by atoms with Gasteiger partial charge in [-0.05, 0) is 36.9 Å². The summed E-state index contributed by atoms with van der Waals surface area (Å²) in [5, 5.41) is 3.55. The molecule has 2 unspecified atom stereocenters. The molecule has 0 radical (unpaired) electrons. The van der Waals surface area contributed by atoms with Crippen LogP contribution in [0.15, 0.2) is 24.5 Å². The molecule has 0 spiro atoms. The minimum Gasteiger partial charge on any atom is -0.310 e. The van der Waals surface area contributed by atoms with Crippen LogP contribution in [0.4, 0.5) is 0 Å². The number of nitrogens with zero attached hydrogens (tertiary/aromatic N) is 1. The molecule has 0 bridgehead atoms. The fourth-order valence-electron chi connectivity index (χ4n) is 1.87. The van der Waals surface area contributed by atoms with E-state index in [0.29, 0.717) is 6.04 Å². The molecule has 0 aromatic carbocycles. The van der Waals surface area contributed by atoms with Crippen LogP contribution < -0.4 is 5.32 Å². The maximum atomic E-state index is 4.14. The van der Waals surface area contributed by atoms with Gasteiger partial charge in [0.05, 0.1) is 0 Å². The van der Waals surface area contributed by atoms with Crippen molar-refractivity contribution in [2.45, 2.75) is 25.8 Å². The summed E-state index contributed by atoms with van der Waals surface area (Å²) in [4.78, 5) is 4.14. The lowest BCUT2D eigenvalue weighted by Crippen LogP contribution is -2.31. The number of hydrogen-bond donors (Lipinski definition) is 1. The molecule has 2 nitrogen and oxygen atoms in total. The largest absolute Gasteiger partial charge is 0.310 e. The second-order valence-electron chi connectivity index (χ2n) is 3.93. The van der Waals surface area contributed by atoms with Crippen LogP contribution in [0.2, 0.25) is 0 Å². The van der Waals surface area contributed by atoms with Crippen molar-refractivity contribution in [2.24, 2.45) is 5.92 Å².